The van der Waals surface area contributed by atoms with Gasteiger partial charge in [-0.15, -0.1) is 0 Å². The molecule has 2 fully saturated rings. The van der Waals surface area contributed by atoms with Crippen molar-refractivity contribution in [2.45, 2.75) is 83.1 Å². The van der Waals surface area contributed by atoms with Gasteiger partial charge in [-0.3, -0.25) is 9.59 Å². The van der Waals surface area contributed by atoms with E-state index in [1.165, 1.54) is 32.1 Å². The van der Waals surface area contributed by atoms with E-state index in [0.717, 1.165) is 38.6 Å². The van der Waals surface area contributed by atoms with Crippen LogP contribution in [0.4, 0.5) is 0 Å². The second-order valence-corrected chi connectivity index (χ2v) is 6.66. The number of carboxylic acid groups (broad SMARTS) is 1. The van der Waals surface area contributed by atoms with E-state index in [4.69, 9.17) is 5.11 Å². The largest absolute Gasteiger partial charge is 0.481 e. The number of likely N-dealkylation sites (tertiary alicyclic amines) is 1. The van der Waals surface area contributed by atoms with Crippen LogP contribution in [0.25, 0.3) is 0 Å². The maximum Gasteiger partial charge on any atom is 0.303 e. The van der Waals surface area contributed by atoms with Gasteiger partial charge in [-0.05, 0) is 38.5 Å². The van der Waals surface area contributed by atoms with Crippen LogP contribution in [0.2, 0.25) is 0 Å². The number of aliphatic carboxylic acids is 1. The van der Waals surface area contributed by atoms with Crippen molar-refractivity contribution >= 4 is 11.9 Å². The fourth-order valence-corrected chi connectivity index (χ4v) is 3.82. The fourth-order valence-electron chi connectivity index (χ4n) is 3.82. The number of carbonyl (C=O) groups excluding carboxylic acids is 1. The van der Waals surface area contributed by atoms with E-state index in [-0.39, 0.29) is 18.4 Å². The minimum absolute atomic E-state index is 0.160. The van der Waals surface area contributed by atoms with Gasteiger partial charge in [-0.1, -0.05) is 32.1 Å². The lowest BCUT2D eigenvalue weighted by atomic mass is 9.88. The minimum atomic E-state index is -0.751. The summed E-state index contributed by atoms with van der Waals surface area (Å²) in [5, 5.41) is 8.88. The van der Waals surface area contributed by atoms with Crippen molar-refractivity contribution in [1.29, 1.82) is 0 Å². The third-order valence-corrected chi connectivity index (χ3v) is 5.06. The molecular formula is C17H29NO3. The molecule has 4 heteroatoms. The molecule has 2 aliphatic rings. The van der Waals surface area contributed by atoms with E-state index in [1.54, 1.807) is 0 Å². The average molecular weight is 295 g/mol. The molecule has 0 radical (unpaired) electrons. The lowest BCUT2D eigenvalue weighted by molar-refractivity contribution is -0.142. The Hall–Kier alpha value is -1.06. The third-order valence-electron chi connectivity index (χ3n) is 5.06. The molecule has 21 heavy (non-hydrogen) atoms. The molecule has 1 amide bonds. The van der Waals surface area contributed by atoms with E-state index in [2.05, 4.69) is 0 Å². The van der Waals surface area contributed by atoms with Crippen LogP contribution in [0.15, 0.2) is 0 Å². The van der Waals surface area contributed by atoms with Crippen LogP contribution in [0.5, 0.6) is 0 Å². The van der Waals surface area contributed by atoms with Crippen LogP contribution < -0.4 is 0 Å². The molecule has 1 aliphatic carbocycles. The van der Waals surface area contributed by atoms with Crippen LogP contribution in [-0.4, -0.2) is 34.5 Å². The number of hydrogen-bond donors (Lipinski definition) is 1. The minimum Gasteiger partial charge on any atom is -0.481 e. The van der Waals surface area contributed by atoms with Crippen LogP contribution in [-0.2, 0) is 9.59 Å². The standard InChI is InChI=1S/C17H29NO3/c19-16(20)12-11-15-10-6-7-13-18(15)17(21)14-8-4-2-1-3-5-9-14/h14-15H,1-13H2,(H,19,20). The van der Waals surface area contributed by atoms with E-state index < -0.39 is 5.97 Å². The Kier molecular flexibility index (Phi) is 6.52. The third kappa shape index (κ3) is 5.01. The molecule has 0 bridgehead atoms. The van der Waals surface area contributed by atoms with Crippen molar-refractivity contribution in [1.82, 2.24) is 4.90 Å². The molecular weight excluding hydrogens is 266 g/mol. The second-order valence-electron chi connectivity index (χ2n) is 6.66. The van der Waals surface area contributed by atoms with Gasteiger partial charge >= 0.3 is 5.97 Å². The molecule has 1 unspecified atom stereocenters. The fraction of sp³-hybridized carbons (Fsp3) is 0.882. The molecule has 0 aromatic carbocycles. The number of rotatable bonds is 4. The molecule has 2 rings (SSSR count). The van der Waals surface area contributed by atoms with Gasteiger partial charge in [-0.25, -0.2) is 0 Å². The molecule has 1 heterocycles. The quantitative estimate of drug-likeness (QED) is 0.862. The summed E-state index contributed by atoms with van der Waals surface area (Å²) in [7, 11) is 0. The van der Waals surface area contributed by atoms with Crippen molar-refractivity contribution < 1.29 is 14.7 Å². The predicted octanol–water partition coefficient (Wildman–Crippen LogP) is 3.59. The van der Waals surface area contributed by atoms with Crippen molar-refractivity contribution in [2.24, 2.45) is 5.92 Å². The van der Waals surface area contributed by atoms with Gasteiger partial charge in [0, 0.05) is 24.9 Å². The highest BCUT2D eigenvalue weighted by molar-refractivity contribution is 5.79. The number of nitrogens with zero attached hydrogens (tertiary/aromatic N) is 1. The summed E-state index contributed by atoms with van der Waals surface area (Å²) in [5.74, 6) is -0.248. The monoisotopic (exact) mass is 295 g/mol. The number of piperidine rings is 1. The SMILES string of the molecule is O=C(O)CCC1CCCCN1C(=O)C1CCCCCCC1. The summed E-state index contributed by atoms with van der Waals surface area (Å²) in [4.78, 5) is 25.7. The van der Waals surface area contributed by atoms with Gasteiger partial charge in [0.05, 0.1) is 0 Å². The molecule has 0 aromatic rings. The summed E-state index contributed by atoms with van der Waals surface area (Å²) in [6.07, 6.45) is 12.2. The number of carbonyl (C=O) groups is 2. The lowest BCUT2D eigenvalue weighted by Gasteiger charge is -2.38. The molecule has 4 nitrogen and oxygen atoms in total. The van der Waals surface area contributed by atoms with E-state index in [9.17, 15) is 9.59 Å². The lowest BCUT2D eigenvalue weighted by Crippen LogP contribution is -2.46. The Morgan fingerprint density at radius 3 is 2.19 bits per heavy atom. The van der Waals surface area contributed by atoms with Crippen LogP contribution in [0.3, 0.4) is 0 Å². The Balaban J connectivity index is 1.94. The Morgan fingerprint density at radius 2 is 1.52 bits per heavy atom. The van der Waals surface area contributed by atoms with Crippen molar-refractivity contribution in [2.75, 3.05) is 6.54 Å². The Bertz CT molecular complexity index is 348. The highest BCUT2D eigenvalue weighted by Crippen LogP contribution is 2.28. The molecule has 1 saturated carbocycles. The number of carboxylic acids is 1. The molecule has 1 aliphatic heterocycles. The zero-order valence-corrected chi connectivity index (χ0v) is 13.1. The zero-order valence-electron chi connectivity index (χ0n) is 13.1. The van der Waals surface area contributed by atoms with Crippen molar-refractivity contribution in [3.05, 3.63) is 0 Å². The van der Waals surface area contributed by atoms with Gasteiger partial charge in [0.15, 0.2) is 0 Å². The first-order valence-electron chi connectivity index (χ1n) is 8.71. The predicted molar refractivity (Wildman–Crippen MR) is 82.0 cm³/mol. The Labute approximate surface area is 127 Å². The molecule has 1 atom stereocenters. The topological polar surface area (TPSA) is 57.6 Å². The van der Waals surface area contributed by atoms with Gasteiger partial charge < -0.3 is 10.0 Å². The van der Waals surface area contributed by atoms with E-state index in [1.807, 2.05) is 4.90 Å². The average Bonchev–Trinajstić information content (AvgIpc) is 2.44. The maximum absolute atomic E-state index is 12.9. The van der Waals surface area contributed by atoms with Crippen molar-refractivity contribution in [3.8, 4) is 0 Å². The van der Waals surface area contributed by atoms with E-state index in [0.29, 0.717) is 12.3 Å². The smallest absolute Gasteiger partial charge is 0.303 e. The highest BCUT2D eigenvalue weighted by atomic mass is 16.4. The molecule has 1 N–H and O–H groups in total. The first kappa shape index (κ1) is 16.3. The zero-order chi connectivity index (χ0) is 15.1. The summed E-state index contributed by atoms with van der Waals surface area (Å²) in [6.45, 7) is 0.833. The molecule has 120 valence electrons. The van der Waals surface area contributed by atoms with Gasteiger partial charge in [0.1, 0.15) is 0 Å². The highest BCUT2D eigenvalue weighted by Gasteiger charge is 2.31. The van der Waals surface area contributed by atoms with Crippen LogP contribution in [0, 0.1) is 5.92 Å². The molecule has 0 aromatic heterocycles. The van der Waals surface area contributed by atoms with Crippen LogP contribution >= 0.6 is 0 Å². The summed E-state index contributed by atoms with van der Waals surface area (Å²) in [6, 6.07) is 0.160. The normalized spacial score (nSPS) is 25.1. The number of hydrogen-bond acceptors (Lipinski definition) is 2. The van der Waals surface area contributed by atoms with Gasteiger partial charge in [-0.2, -0.15) is 0 Å². The van der Waals surface area contributed by atoms with E-state index >= 15 is 0 Å². The summed E-state index contributed by atoms with van der Waals surface area (Å²) < 4.78 is 0. The van der Waals surface area contributed by atoms with Crippen LogP contribution in [0.1, 0.15) is 77.0 Å². The maximum atomic E-state index is 12.9. The number of amides is 1. The second kappa shape index (κ2) is 8.40. The molecule has 1 saturated heterocycles. The van der Waals surface area contributed by atoms with Gasteiger partial charge in [0.2, 0.25) is 5.91 Å². The first-order valence-corrected chi connectivity index (χ1v) is 8.71. The first-order chi connectivity index (χ1) is 10.2. The molecule has 0 spiro atoms. The Morgan fingerprint density at radius 1 is 0.905 bits per heavy atom. The summed E-state index contributed by atoms with van der Waals surface area (Å²) in [5.41, 5.74) is 0. The van der Waals surface area contributed by atoms with Crippen molar-refractivity contribution in [3.63, 3.8) is 0 Å². The summed E-state index contributed by atoms with van der Waals surface area (Å²) >= 11 is 0. The van der Waals surface area contributed by atoms with Gasteiger partial charge in [0.25, 0.3) is 0 Å².